The third-order valence-corrected chi connectivity index (χ3v) is 3.67. The van der Waals surface area contributed by atoms with Crippen molar-refractivity contribution in [3.8, 4) is 5.75 Å². The van der Waals surface area contributed by atoms with E-state index in [4.69, 9.17) is 21.1 Å². The molecule has 1 aromatic carbocycles. The molecule has 9 heteroatoms. The third kappa shape index (κ3) is 6.21. The van der Waals surface area contributed by atoms with E-state index < -0.39 is 10.9 Å². The summed E-state index contributed by atoms with van der Waals surface area (Å²) in [5.41, 5.74) is -0.0885. The number of aromatic nitrogens is 1. The number of nitrogens with one attached hydrogen (secondary N) is 1. The van der Waals surface area contributed by atoms with Gasteiger partial charge in [-0.25, -0.2) is 9.78 Å². The molecule has 0 saturated heterocycles. The average molecular weight is 380 g/mol. The van der Waals surface area contributed by atoms with Gasteiger partial charge in [0.1, 0.15) is 24.4 Å². The first-order chi connectivity index (χ1) is 12.5. The Balaban J connectivity index is 1.77. The summed E-state index contributed by atoms with van der Waals surface area (Å²) in [6.45, 7) is 1.83. The normalized spacial score (nSPS) is 11.5. The summed E-state index contributed by atoms with van der Waals surface area (Å²) in [5.74, 6) is 0.486. The van der Waals surface area contributed by atoms with Crippen LogP contribution in [0.2, 0.25) is 5.02 Å². The lowest BCUT2D eigenvalue weighted by Gasteiger charge is -2.17. The lowest BCUT2D eigenvalue weighted by Crippen LogP contribution is -2.28. The molecule has 26 heavy (non-hydrogen) atoms. The lowest BCUT2D eigenvalue weighted by molar-refractivity contribution is -0.385. The standard InChI is InChI=1S/C17H18ClN3O5/c1-2-13(20-16-8-5-14(9-19-16)21(23)24)10-26-17(22)11-25-15-6-3-12(18)4-7-15/h3-9,13H,2,10-11H2,1H3,(H,19,20). The number of anilines is 1. The number of nitro groups is 1. The van der Waals surface area contributed by atoms with Crippen LogP contribution in [0.5, 0.6) is 5.75 Å². The van der Waals surface area contributed by atoms with Crippen LogP contribution in [0.25, 0.3) is 0 Å². The van der Waals surface area contributed by atoms with Crippen molar-refractivity contribution in [1.82, 2.24) is 4.98 Å². The second-order valence-corrected chi connectivity index (χ2v) is 5.77. The summed E-state index contributed by atoms with van der Waals surface area (Å²) in [4.78, 5) is 25.9. The van der Waals surface area contributed by atoms with Gasteiger partial charge in [-0.15, -0.1) is 0 Å². The summed E-state index contributed by atoms with van der Waals surface area (Å²) in [6, 6.07) is 9.33. The van der Waals surface area contributed by atoms with Crippen LogP contribution in [0.4, 0.5) is 11.5 Å². The number of hydrogen-bond donors (Lipinski definition) is 1. The zero-order chi connectivity index (χ0) is 18.9. The Bertz CT molecular complexity index is 737. The van der Waals surface area contributed by atoms with E-state index in [0.717, 1.165) is 0 Å². The van der Waals surface area contributed by atoms with E-state index in [1.165, 1.54) is 18.3 Å². The Labute approximate surface area is 155 Å². The van der Waals surface area contributed by atoms with E-state index in [0.29, 0.717) is 23.0 Å². The first-order valence-corrected chi connectivity index (χ1v) is 8.26. The fraction of sp³-hybridized carbons (Fsp3) is 0.294. The van der Waals surface area contributed by atoms with Crippen molar-refractivity contribution in [2.75, 3.05) is 18.5 Å². The van der Waals surface area contributed by atoms with E-state index >= 15 is 0 Å². The van der Waals surface area contributed by atoms with Gasteiger partial charge in [0, 0.05) is 11.1 Å². The van der Waals surface area contributed by atoms with E-state index in [9.17, 15) is 14.9 Å². The van der Waals surface area contributed by atoms with Gasteiger partial charge < -0.3 is 14.8 Å². The molecular formula is C17H18ClN3O5. The number of ether oxygens (including phenoxy) is 2. The van der Waals surface area contributed by atoms with Crippen LogP contribution < -0.4 is 10.1 Å². The monoisotopic (exact) mass is 379 g/mol. The van der Waals surface area contributed by atoms with Crippen molar-refractivity contribution < 1.29 is 19.2 Å². The molecule has 1 atom stereocenters. The minimum absolute atomic E-state index is 0.0885. The van der Waals surface area contributed by atoms with Crippen LogP contribution in [-0.2, 0) is 9.53 Å². The molecule has 0 fully saturated rings. The number of rotatable bonds is 9. The fourth-order valence-corrected chi connectivity index (χ4v) is 2.08. The van der Waals surface area contributed by atoms with Crippen LogP contribution in [0.1, 0.15) is 13.3 Å². The van der Waals surface area contributed by atoms with Crippen LogP contribution >= 0.6 is 11.6 Å². The average Bonchev–Trinajstić information content (AvgIpc) is 2.65. The smallest absolute Gasteiger partial charge is 0.344 e. The highest BCUT2D eigenvalue weighted by molar-refractivity contribution is 6.30. The predicted molar refractivity (Wildman–Crippen MR) is 96.5 cm³/mol. The second-order valence-electron chi connectivity index (χ2n) is 5.33. The van der Waals surface area contributed by atoms with Crippen LogP contribution in [0, 0.1) is 10.1 Å². The number of benzene rings is 1. The Morgan fingerprint density at radius 2 is 2.04 bits per heavy atom. The predicted octanol–water partition coefficient (Wildman–Crippen LogP) is 3.46. The molecule has 0 bridgehead atoms. The number of pyridine rings is 1. The summed E-state index contributed by atoms with van der Waals surface area (Å²) in [5, 5.41) is 14.3. The van der Waals surface area contributed by atoms with Gasteiger partial charge in [0.2, 0.25) is 0 Å². The molecule has 0 aliphatic rings. The minimum Gasteiger partial charge on any atom is -0.482 e. The lowest BCUT2D eigenvalue weighted by atomic mass is 10.2. The van der Waals surface area contributed by atoms with E-state index in [1.807, 2.05) is 6.92 Å². The fourth-order valence-electron chi connectivity index (χ4n) is 1.96. The molecule has 1 heterocycles. The number of esters is 1. The molecule has 0 radical (unpaired) electrons. The van der Waals surface area contributed by atoms with Gasteiger partial charge in [-0.1, -0.05) is 18.5 Å². The number of carbonyl (C=O) groups is 1. The summed E-state index contributed by atoms with van der Waals surface area (Å²) >= 11 is 5.77. The highest BCUT2D eigenvalue weighted by atomic mass is 35.5. The van der Waals surface area contributed by atoms with Crippen molar-refractivity contribution in [2.45, 2.75) is 19.4 Å². The zero-order valence-electron chi connectivity index (χ0n) is 14.1. The number of carbonyl (C=O) groups excluding carboxylic acids is 1. The van der Waals surface area contributed by atoms with Crippen LogP contribution in [0.3, 0.4) is 0 Å². The highest BCUT2D eigenvalue weighted by Gasteiger charge is 2.12. The second kappa shape index (κ2) is 9.57. The quantitative estimate of drug-likeness (QED) is 0.404. The molecule has 0 amide bonds. The van der Waals surface area contributed by atoms with Crippen LogP contribution in [-0.4, -0.2) is 35.1 Å². The van der Waals surface area contributed by atoms with E-state index in [2.05, 4.69) is 10.3 Å². The molecule has 0 aliphatic heterocycles. The number of nitrogens with zero attached hydrogens (tertiary/aromatic N) is 2. The zero-order valence-corrected chi connectivity index (χ0v) is 14.8. The van der Waals surface area contributed by atoms with Crippen molar-refractivity contribution in [3.63, 3.8) is 0 Å². The minimum atomic E-state index is -0.517. The van der Waals surface area contributed by atoms with Gasteiger partial charge in [-0.2, -0.15) is 0 Å². The Hall–Kier alpha value is -2.87. The summed E-state index contributed by atoms with van der Waals surface area (Å²) < 4.78 is 10.5. The molecule has 1 N–H and O–H groups in total. The van der Waals surface area contributed by atoms with Gasteiger partial charge >= 0.3 is 5.97 Å². The molecular weight excluding hydrogens is 362 g/mol. The maximum Gasteiger partial charge on any atom is 0.344 e. The SMILES string of the molecule is CCC(COC(=O)COc1ccc(Cl)cc1)Nc1ccc([N+](=O)[O-])cn1. The van der Waals surface area contributed by atoms with Gasteiger partial charge in [0.15, 0.2) is 6.61 Å². The first-order valence-electron chi connectivity index (χ1n) is 7.89. The molecule has 2 aromatic rings. The van der Waals surface area contributed by atoms with E-state index in [1.54, 1.807) is 24.3 Å². The highest BCUT2D eigenvalue weighted by Crippen LogP contribution is 2.16. The summed E-state index contributed by atoms with van der Waals surface area (Å²) in [6.07, 6.45) is 1.84. The number of hydrogen-bond acceptors (Lipinski definition) is 7. The van der Waals surface area contributed by atoms with E-state index in [-0.39, 0.29) is 24.9 Å². The van der Waals surface area contributed by atoms with Gasteiger partial charge in [0.25, 0.3) is 5.69 Å². The molecule has 2 rings (SSSR count). The molecule has 0 aliphatic carbocycles. The molecule has 0 spiro atoms. The van der Waals surface area contributed by atoms with Crippen molar-refractivity contribution in [2.24, 2.45) is 0 Å². The molecule has 138 valence electrons. The molecule has 8 nitrogen and oxygen atoms in total. The molecule has 0 saturated carbocycles. The Morgan fingerprint density at radius 3 is 2.62 bits per heavy atom. The maximum atomic E-state index is 11.8. The Kier molecular flexibility index (Phi) is 7.16. The van der Waals surface area contributed by atoms with Crippen LogP contribution in [0.15, 0.2) is 42.6 Å². The summed E-state index contributed by atoms with van der Waals surface area (Å²) in [7, 11) is 0. The number of halogens is 1. The Morgan fingerprint density at radius 1 is 1.31 bits per heavy atom. The van der Waals surface area contributed by atoms with Crippen molar-refractivity contribution in [3.05, 3.63) is 57.7 Å². The molecule has 1 aromatic heterocycles. The maximum absolute atomic E-state index is 11.8. The topological polar surface area (TPSA) is 104 Å². The first kappa shape index (κ1) is 19.5. The van der Waals surface area contributed by atoms with Crippen molar-refractivity contribution >= 4 is 29.1 Å². The molecule has 1 unspecified atom stereocenters. The van der Waals surface area contributed by atoms with Gasteiger partial charge in [0.05, 0.1) is 11.0 Å². The van der Waals surface area contributed by atoms with Crippen molar-refractivity contribution in [1.29, 1.82) is 0 Å². The van der Waals surface area contributed by atoms with Gasteiger partial charge in [-0.3, -0.25) is 10.1 Å². The third-order valence-electron chi connectivity index (χ3n) is 3.42. The van der Waals surface area contributed by atoms with Gasteiger partial charge in [-0.05, 0) is 36.8 Å². The largest absolute Gasteiger partial charge is 0.482 e.